The van der Waals surface area contributed by atoms with Gasteiger partial charge < -0.3 is 15.8 Å². The maximum Gasteiger partial charge on any atom is 0.241 e. The zero-order chi connectivity index (χ0) is 14.1. The lowest BCUT2D eigenvalue weighted by Gasteiger charge is -2.12. The third-order valence-electron chi connectivity index (χ3n) is 2.76. The minimum Gasteiger partial charge on any atom is -0.379 e. The van der Waals surface area contributed by atoms with E-state index < -0.39 is 6.04 Å². The molecule has 4 heteroatoms. The largest absolute Gasteiger partial charge is 0.379 e. The summed E-state index contributed by atoms with van der Waals surface area (Å²) in [5, 5.41) is 2.85. The van der Waals surface area contributed by atoms with Gasteiger partial charge in [0.05, 0.1) is 6.10 Å². The summed E-state index contributed by atoms with van der Waals surface area (Å²) in [5.41, 5.74) is 6.72. The van der Waals surface area contributed by atoms with Crippen molar-refractivity contribution in [3.8, 4) is 0 Å². The summed E-state index contributed by atoms with van der Waals surface area (Å²) in [6.07, 6.45) is 2.11. The second kappa shape index (κ2) is 8.67. The number of hydrogen-bond donors (Lipinski definition) is 2. The molecule has 106 valence electrons. The predicted octanol–water partition coefficient (Wildman–Crippen LogP) is 2.01. The average molecular weight is 264 g/mol. The molecule has 0 aliphatic heterocycles. The van der Waals surface area contributed by atoms with Crippen molar-refractivity contribution in [3.63, 3.8) is 0 Å². The van der Waals surface area contributed by atoms with Crippen LogP contribution in [0.25, 0.3) is 0 Å². The molecule has 0 bridgehead atoms. The summed E-state index contributed by atoms with van der Waals surface area (Å²) in [4.78, 5) is 11.8. The Labute approximate surface area is 115 Å². The molecule has 1 unspecified atom stereocenters. The summed E-state index contributed by atoms with van der Waals surface area (Å²) < 4.78 is 5.43. The number of nitrogens with one attached hydrogen (secondary N) is 1. The number of benzene rings is 1. The molecule has 0 heterocycles. The molecule has 1 amide bonds. The molecule has 1 rings (SSSR count). The monoisotopic (exact) mass is 264 g/mol. The van der Waals surface area contributed by atoms with Gasteiger partial charge in [0.2, 0.25) is 5.91 Å². The van der Waals surface area contributed by atoms with Crippen LogP contribution in [0, 0.1) is 0 Å². The molecule has 0 aliphatic carbocycles. The zero-order valence-electron chi connectivity index (χ0n) is 11.8. The summed E-state index contributed by atoms with van der Waals surface area (Å²) in [6, 6.07) is 8.80. The second-order valence-corrected chi connectivity index (χ2v) is 4.81. The summed E-state index contributed by atoms with van der Waals surface area (Å²) >= 11 is 0. The summed E-state index contributed by atoms with van der Waals surface area (Å²) in [6.45, 7) is 5.40. The van der Waals surface area contributed by atoms with Gasteiger partial charge in [-0.25, -0.2) is 0 Å². The Morgan fingerprint density at radius 3 is 2.58 bits per heavy atom. The molecule has 0 saturated heterocycles. The van der Waals surface area contributed by atoms with Crippen molar-refractivity contribution in [1.29, 1.82) is 0 Å². The highest BCUT2D eigenvalue weighted by Gasteiger charge is 2.14. The van der Waals surface area contributed by atoms with Gasteiger partial charge in [0.25, 0.3) is 0 Å². The maximum absolute atomic E-state index is 11.8. The first-order valence-corrected chi connectivity index (χ1v) is 6.81. The minimum atomic E-state index is -0.590. The molecular weight excluding hydrogens is 240 g/mol. The number of ether oxygens (including phenoxy) is 1. The van der Waals surface area contributed by atoms with E-state index in [1.54, 1.807) is 0 Å². The highest BCUT2D eigenvalue weighted by molar-refractivity contribution is 5.82. The van der Waals surface area contributed by atoms with Crippen LogP contribution in [0.1, 0.15) is 38.3 Å². The Morgan fingerprint density at radius 2 is 1.95 bits per heavy atom. The summed E-state index contributed by atoms with van der Waals surface area (Å²) in [5.74, 6) is -0.129. The second-order valence-electron chi connectivity index (χ2n) is 4.81. The van der Waals surface area contributed by atoms with Crippen molar-refractivity contribution >= 4 is 5.91 Å². The van der Waals surface area contributed by atoms with Gasteiger partial charge in [0.1, 0.15) is 6.04 Å². The molecule has 4 nitrogen and oxygen atoms in total. The van der Waals surface area contributed by atoms with Crippen LogP contribution < -0.4 is 11.1 Å². The van der Waals surface area contributed by atoms with Crippen molar-refractivity contribution in [2.75, 3.05) is 13.2 Å². The predicted molar refractivity (Wildman–Crippen MR) is 76.7 cm³/mol. The molecule has 0 aromatic heterocycles. The first-order chi connectivity index (χ1) is 9.11. The maximum atomic E-state index is 11.8. The van der Waals surface area contributed by atoms with Crippen molar-refractivity contribution < 1.29 is 9.53 Å². The summed E-state index contributed by atoms with van der Waals surface area (Å²) in [7, 11) is 0. The molecule has 0 saturated carbocycles. The molecule has 1 atom stereocenters. The van der Waals surface area contributed by atoms with Gasteiger partial charge in [-0.3, -0.25) is 4.79 Å². The Morgan fingerprint density at radius 1 is 1.26 bits per heavy atom. The van der Waals surface area contributed by atoms with Crippen LogP contribution in [0.5, 0.6) is 0 Å². The van der Waals surface area contributed by atoms with Crippen LogP contribution in [0.4, 0.5) is 0 Å². The highest BCUT2D eigenvalue weighted by atomic mass is 16.5. The molecule has 0 aliphatic rings. The number of unbranched alkanes of at least 4 members (excludes halogenated alkanes) is 1. The van der Waals surface area contributed by atoms with Gasteiger partial charge >= 0.3 is 0 Å². The van der Waals surface area contributed by atoms with E-state index in [-0.39, 0.29) is 12.0 Å². The first-order valence-electron chi connectivity index (χ1n) is 6.81. The van der Waals surface area contributed by atoms with E-state index in [9.17, 15) is 4.79 Å². The molecule has 1 aromatic rings. The van der Waals surface area contributed by atoms with Gasteiger partial charge in [-0.15, -0.1) is 0 Å². The van der Waals surface area contributed by atoms with Crippen LogP contribution in [0.2, 0.25) is 0 Å². The fourth-order valence-electron chi connectivity index (χ4n) is 1.68. The van der Waals surface area contributed by atoms with Gasteiger partial charge in [0, 0.05) is 13.2 Å². The third kappa shape index (κ3) is 6.36. The molecule has 0 radical (unpaired) electrons. The van der Waals surface area contributed by atoms with E-state index in [0.29, 0.717) is 6.54 Å². The lowest BCUT2D eigenvalue weighted by molar-refractivity contribution is -0.122. The quantitative estimate of drug-likeness (QED) is 0.706. The van der Waals surface area contributed by atoms with Crippen LogP contribution in [-0.4, -0.2) is 25.2 Å². The lowest BCUT2D eigenvalue weighted by atomic mass is 10.1. The average Bonchev–Trinajstić information content (AvgIpc) is 2.42. The van der Waals surface area contributed by atoms with Gasteiger partial charge in [-0.05, 0) is 32.3 Å². The zero-order valence-corrected chi connectivity index (χ0v) is 11.8. The van der Waals surface area contributed by atoms with Crippen LogP contribution in [-0.2, 0) is 9.53 Å². The smallest absolute Gasteiger partial charge is 0.241 e. The van der Waals surface area contributed by atoms with Crippen LogP contribution in [0.3, 0.4) is 0 Å². The van der Waals surface area contributed by atoms with E-state index >= 15 is 0 Å². The van der Waals surface area contributed by atoms with Crippen molar-refractivity contribution in [2.24, 2.45) is 5.73 Å². The Balaban J connectivity index is 2.17. The van der Waals surface area contributed by atoms with Gasteiger partial charge in [0.15, 0.2) is 0 Å². The van der Waals surface area contributed by atoms with Crippen molar-refractivity contribution in [1.82, 2.24) is 5.32 Å². The minimum absolute atomic E-state index is 0.129. The lowest BCUT2D eigenvalue weighted by Crippen LogP contribution is -2.34. The number of rotatable bonds is 8. The van der Waals surface area contributed by atoms with Crippen molar-refractivity contribution in [3.05, 3.63) is 35.9 Å². The fourth-order valence-corrected chi connectivity index (χ4v) is 1.68. The van der Waals surface area contributed by atoms with Gasteiger partial charge in [-0.1, -0.05) is 30.3 Å². The fraction of sp³-hybridized carbons (Fsp3) is 0.533. The molecule has 0 spiro atoms. The third-order valence-corrected chi connectivity index (χ3v) is 2.76. The van der Waals surface area contributed by atoms with Crippen LogP contribution >= 0.6 is 0 Å². The Bertz CT molecular complexity index is 366. The van der Waals surface area contributed by atoms with Gasteiger partial charge in [-0.2, -0.15) is 0 Å². The SMILES string of the molecule is CC(C)OCCCCNC(=O)C(N)c1ccccc1. The molecule has 19 heavy (non-hydrogen) atoms. The number of nitrogens with two attached hydrogens (primary N) is 1. The van der Waals surface area contributed by atoms with Crippen LogP contribution in [0.15, 0.2) is 30.3 Å². The van der Waals surface area contributed by atoms with E-state index in [1.807, 2.05) is 44.2 Å². The molecule has 0 fully saturated rings. The normalized spacial score (nSPS) is 12.4. The Hall–Kier alpha value is -1.39. The first kappa shape index (κ1) is 15.7. The van der Waals surface area contributed by atoms with E-state index in [2.05, 4.69) is 5.32 Å². The number of amides is 1. The van der Waals surface area contributed by atoms with E-state index in [4.69, 9.17) is 10.5 Å². The number of hydrogen-bond acceptors (Lipinski definition) is 3. The topological polar surface area (TPSA) is 64.3 Å². The number of carbonyl (C=O) groups excluding carboxylic acids is 1. The standard InChI is InChI=1S/C15H24N2O2/c1-12(2)19-11-7-6-10-17-15(18)14(16)13-8-4-3-5-9-13/h3-5,8-9,12,14H,6-7,10-11,16H2,1-2H3,(H,17,18). The Kier molecular flexibility index (Phi) is 7.15. The molecule has 3 N–H and O–H groups in total. The molecule has 1 aromatic carbocycles. The van der Waals surface area contributed by atoms with E-state index in [0.717, 1.165) is 25.0 Å². The molecular formula is C15H24N2O2. The van der Waals surface area contributed by atoms with E-state index in [1.165, 1.54) is 0 Å². The van der Waals surface area contributed by atoms with Crippen molar-refractivity contribution in [2.45, 2.75) is 38.8 Å². The number of carbonyl (C=O) groups is 1. The highest BCUT2D eigenvalue weighted by Crippen LogP contribution is 2.09.